The van der Waals surface area contributed by atoms with E-state index < -0.39 is 17.7 Å². The number of carbonyl (C=O) groups excluding carboxylic acids is 3. The van der Waals surface area contributed by atoms with Gasteiger partial charge in [-0.15, -0.1) is 11.8 Å². The van der Waals surface area contributed by atoms with E-state index >= 15 is 0 Å². The van der Waals surface area contributed by atoms with Gasteiger partial charge in [-0.2, -0.15) is 4.98 Å². The molecule has 0 bridgehead atoms. The number of aromatic nitrogens is 2. The number of carbonyl (C=O) groups is 3. The van der Waals surface area contributed by atoms with E-state index in [1.165, 1.54) is 11.8 Å². The molecule has 2 aliphatic heterocycles. The largest absolute Gasteiger partial charge is 0.444 e. The molecule has 1 atom stereocenters. The molecule has 1 fully saturated rings. The van der Waals surface area contributed by atoms with Crippen LogP contribution in [0.25, 0.3) is 11.4 Å². The zero-order chi connectivity index (χ0) is 30.6. The van der Waals surface area contributed by atoms with Gasteiger partial charge in [-0.05, 0) is 63.3 Å². The maximum atomic E-state index is 14.0. The number of alkyl carbamates (subject to hydrolysis) is 1. The van der Waals surface area contributed by atoms with E-state index in [1.807, 2.05) is 30.3 Å². The van der Waals surface area contributed by atoms with Gasteiger partial charge in [0, 0.05) is 48.5 Å². The average Bonchev–Trinajstić information content (AvgIpc) is 3.37. The quantitative estimate of drug-likeness (QED) is 0.391. The minimum absolute atomic E-state index is 0.195. The van der Waals surface area contributed by atoms with Crippen molar-refractivity contribution in [1.29, 1.82) is 0 Å². The van der Waals surface area contributed by atoms with Crippen LogP contribution in [0.1, 0.15) is 55.4 Å². The van der Waals surface area contributed by atoms with E-state index in [4.69, 9.17) is 14.0 Å². The van der Waals surface area contributed by atoms with Crippen molar-refractivity contribution in [3.8, 4) is 11.4 Å². The molecule has 228 valence electrons. The van der Waals surface area contributed by atoms with Crippen molar-refractivity contribution >= 4 is 35.4 Å². The number of rotatable bonds is 7. The Morgan fingerprint density at radius 2 is 1.86 bits per heavy atom. The second-order valence-electron chi connectivity index (χ2n) is 11.7. The van der Waals surface area contributed by atoms with Crippen LogP contribution in [0.5, 0.6) is 0 Å². The Balaban J connectivity index is 1.40. The second-order valence-corrected chi connectivity index (χ2v) is 12.8. The zero-order valence-corrected chi connectivity index (χ0v) is 25.7. The van der Waals surface area contributed by atoms with Gasteiger partial charge in [-0.25, -0.2) is 4.79 Å². The normalized spacial score (nSPS) is 17.6. The van der Waals surface area contributed by atoms with Crippen LogP contribution in [0, 0.1) is 12.8 Å². The third-order valence-corrected chi connectivity index (χ3v) is 8.30. The number of nitrogens with one attached hydrogen (secondary N) is 2. The molecule has 2 N–H and O–H groups in total. The van der Waals surface area contributed by atoms with Crippen LogP contribution in [-0.4, -0.2) is 65.2 Å². The molecule has 3 heterocycles. The topological polar surface area (TPSA) is 136 Å². The Hall–Kier alpha value is -3.90. The molecule has 2 aromatic carbocycles. The smallest absolute Gasteiger partial charge is 0.408 e. The van der Waals surface area contributed by atoms with Crippen LogP contribution >= 0.6 is 11.8 Å². The molecule has 1 aromatic heterocycles. The van der Waals surface area contributed by atoms with Crippen molar-refractivity contribution in [2.45, 2.75) is 63.6 Å². The van der Waals surface area contributed by atoms with Gasteiger partial charge in [0.2, 0.25) is 11.7 Å². The molecule has 3 amide bonds. The maximum absolute atomic E-state index is 14.0. The minimum Gasteiger partial charge on any atom is -0.444 e. The Morgan fingerprint density at radius 1 is 1.12 bits per heavy atom. The third kappa shape index (κ3) is 7.94. The molecule has 5 rings (SSSR count). The molecule has 43 heavy (non-hydrogen) atoms. The summed E-state index contributed by atoms with van der Waals surface area (Å²) >= 11 is 1.45. The van der Waals surface area contributed by atoms with Crippen LogP contribution in [0.4, 0.5) is 10.5 Å². The molecule has 11 nitrogen and oxygen atoms in total. The monoisotopic (exact) mass is 607 g/mol. The van der Waals surface area contributed by atoms with Gasteiger partial charge in [0.1, 0.15) is 11.6 Å². The van der Waals surface area contributed by atoms with Crippen molar-refractivity contribution < 1.29 is 28.4 Å². The van der Waals surface area contributed by atoms with Gasteiger partial charge in [0.05, 0.1) is 12.2 Å². The number of thioether (sulfide) groups is 1. The van der Waals surface area contributed by atoms with Crippen molar-refractivity contribution in [2.75, 3.05) is 30.4 Å². The van der Waals surface area contributed by atoms with Gasteiger partial charge >= 0.3 is 6.09 Å². The number of hydrogen-bond acceptors (Lipinski definition) is 9. The molecule has 0 radical (unpaired) electrons. The highest BCUT2D eigenvalue weighted by Crippen LogP contribution is 2.36. The summed E-state index contributed by atoms with van der Waals surface area (Å²) < 4.78 is 16.0. The van der Waals surface area contributed by atoms with Gasteiger partial charge in [-0.3, -0.25) is 9.59 Å². The predicted octanol–water partition coefficient (Wildman–Crippen LogP) is 4.73. The first-order valence-electron chi connectivity index (χ1n) is 14.4. The van der Waals surface area contributed by atoms with E-state index in [0.717, 1.165) is 28.9 Å². The summed E-state index contributed by atoms with van der Waals surface area (Å²) in [5.41, 5.74) is 2.00. The lowest BCUT2D eigenvalue weighted by atomic mass is 10.0. The third-order valence-electron chi connectivity index (χ3n) is 7.15. The fourth-order valence-corrected chi connectivity index (χ4v) is 5.96. The van der Waals surface area contributed by atoms with Crippen LogP contribution in [0.15, 0.2) is 51.9 Å². The van der Waals surface area contributed by atoms with E-state index in [2.05, 4.69) is 20.8 Å². The number of benzene rings is 2. The summed E-state index contributed by atoms with van der Waals surface area (Å²) in [5.74, 6) is 1.15. The molecule has 3 aromatic rings. The van der Waals surface area contributed by atoms with E-state index in [9.17, 15) is 14.4 Å². The summed E-state index contributed by atoms with van der Waals surface area (Å²) in [6.45, 7) is 9.25. The van der Waals surface area contributed by atoms with Crippen molar-refractivity contribution in [2.24, 2.45) is 5.92 Å². The number of aryl methyl sites for hydroxylation is 1. The Kier molecular flexibility index (Phi) is 9.36. The van der Waals surface area contributed by atoms with Gasteiger partial charge in [-0.1, -0.05) is 29.4 Å². The van der Waals surface area contributed by atoms with Crippen LogP contribution in [-0.2, 0) is 20.8 Å². The van der Waals surface area contributed by atoms with Gasteiger partial charge in [0.15, 0.2) is 0 Å². The first-order valence-corrected chi connectivity index (χ1v) is 15.4. The number of nitrogens with zero attached hydrogens (tertiary/aromatic N) is 3. The number of fused-ring (bicyclic) bond motifs is 1. The molecule has 0 saturated carbocycles. The standard InChI is InChI=1S/C31H37N5O6S/c1-19-33-27(35-42-19)22-7-5-21(6-8-22)17-36-25-15-23(28(37)32-16-20-11-13-40-14-12-20)9-10-26(25)43-18-24(29(36)38)34-30(39)41-31(2,3)4/h5-10,15,20,24H,11-14,16-18H2,1-4H3,(H,32,37)(H,34,39)/t24-/m0/s1. The molecular weight excluding hydrogens is 570 g/mol. The molecule has 12 heteroatoms. The lowest BCUT2D eigenvalue weighted by molar-refractivity contribution is -0.120. The summed E-state index contributed by atoms with van der Waals surface area (Å²) in [7, 11) is 0. The molecule has 2 aliphatic rings. The van der Waals surface area contributed by atoms with Crippen molar-refractivity contribution in [3.63, 3.8) is 0 Å². The summed E-state index contributed by atoms with van der Waals surface area (Å²) in [6, 6.07) is 12.1. The maximum Gasteiger partial charge on any atom is 0.408 e. The lowest BCUT2D eigenvalue weighted by Crippen LogP contribution is -2.50. The summed E-state index contributed by atoms with van der Waals surface area (Å²) in [6.07, 6.45) is 1.17. The van der Waals surface area contributed by atoms with Crippen LogP contribution in [0.2, 0.25) is 0 Å². The fourth-order valence-electron chi connectivity index (χ4n) is 4.91. The highest BCUT2D eigenvalue weighted by Gasteiger charge is 2.34. The van der Waals surface area contributed by atoms with E-state index in [-0.39, 0.29) is 18.4 Å². The predicted molar refractivity (Wildman–Crippen MR) is 162 cm³/mol. The van der Waals surface area contributed by atoms with Crippen LogP contribution < -0.4 is 15.5 Å². The second kappa shape index (κ2) is 13.2. The zero-order valence-electron chi connectivity index (χ0n) is 24.8. The molecule has 0 unspecified atom stereocenters. The Bertz CT molecular complexity index is 1460. The van der Waals surface area contributed by atoms with Gasteiger partial charge in [0.25, 0.3) is 11.8 Å². The molecule has 1 saturated heterocycles. The SMILES string of the molecule is Cc1nc(-c2ccc(CN3C(=O)[C@@H](NC(=O)OC(C)(C)C)CSc4ccc(C(=O)NCC5CCOCC5)cc43)cc2)no1. The van der Waals surface area contributed by atoms with E-state index in [1.54, 1.807) is 44.7 Å². The highest BCUT2D eigenvalue weighted by atomic mass is 32.2. The Labute approximate surface area is 255 Å². The number of ether oxygens (including phenoxy) is 2. The summed E-state index contributed by atoms with van der Waals surface area (Å²) in [5, 5.41) is 9.77. The van der Waals surface area contributed by atoms with Crippen molar-refractivity contribution in [3.05, 3.63) is 59.5 Å². The van der Waals surface area contributed by atoms with Crippen LogP contribution in [0.3, 0.4) is 0 Å². The fraction of sp³-hybridized carbons (Fsp3) is 0.452. The minimum atomic E-state index is -0.834. The number of anilines is 1. The molecule has 0 aliphatic carbocycles. The molecule has 0 spiro atoms. The Morgan fingerprint density at radius 3 is 2.53 bits per heavy atom. The number of hydrogen-bond donors (Lipinski definition) is 2. The number of amides is 3. The van der Waals surface area contributed by atoms with Crippen molar-refractivity contribution in [1.82, 2.24) is 20.8 Å². The van der Waals surface area contributed by atoms with Gasteiger partial charge < -0.3 is 29.5 Å². The highest BCUT2D eigenvalue weighted by molar-refractivity contribution is 7.99. The lowest BCUT2D eigenvalue weighted by Gasteiger charge is -2.27. The van der Waals surface area contributed by atoms with E-state index in [0.29, 0.717) is 54.4 Å². The first kappa shape index (κ1) is 30.6. The first-order chi connectivity index (χ1) is 20.6. The average molecular weight is 608 g/mol. The summed E-state index contributed by atoms with van der Waals surface area (Å²) in [4.78, 5) is 46.6. The molecular formula is C31H37N5O6S.